The molecule has 0 aromatic heterocycles. The highest BCUT2D eigenvalue weighted by atomic mass is 16.5. The molecular formula is C24H29N3O3. The van der Waals surface area contributed by atoms with E-state index in [9.17, 15) is 9.59 Å². The molecule has 30 heavy (non-hydrogen) atoms. The molecular weight excluding hydrogens is 378 g/mol. The van der Waals surface area contributed by atoms with Crippen LogP contribution in [-0.4, -0.2) is 24.1 Å². The van der Waals surface area contributed by atoms with Crippen molar-refractivity contribution in [3.05, 3.63) is 53.6 Å². The summed E-state index contributed by atoms with van der Waals surface area (Å²) in [6, 6.07) is 13.5. The Balaban J connectivity index is 1.54. The van der Waals surface area contributed by atoms with Crippen molar-refractivity contribution in [3.63, 3.8) is 0 Å². The molecule has 1 fully saturated rings. The molecule has 0 radical (unpaired) electrons. The van der Waals surface area contributed by atoms with Crippen LogP contribution < -0.4 is 20.3 Å². The zero-order valence-corrected chi connectivity index (χ0v) is 17.6. The molecule has 1 heterocycles. The van der Waals surface area contributed by atoms with E-state index in [4.69, 9.17) is 4.74 Å². The summed E-state index contributed by atoms with van der Waals surface area (Å²) >= 11 is 0. The summed E-state index contributed by atoms with van der Waals surface area (Å²) in [5.41, 5.74) is 3.53. The molecule has 2 aromatic carbocycles. The average Bonchev–Trinajstić information content (AvgIpc) is 2.74. The predicted molar refractivity (Wildman–Crippen MR) is 118 cm³/mol. The van der Waals surface area contributed by atoms with Gasteiger partial charge in [-0.05, 0) is 56.0 Å². The summed E-state index contributed by atoms with van der Waals surface area (Å²) < 4.78 is 5.80. The van der Waals surface area contributed by atoms with E-state index in [1.807, 2.05) is 49.4 Å². The quantitative estimate of drug-likeness (QED) is 0.767. The number of ether oxygens (including phenoxy) is 1. The van der Waals surface area contributed by atoms with E-state index < -0.39 is 6.10 Å². The van der Waals surface area contributed by atoms with Gasteiger partial charge >= 0.3 is 6.03 Å². The van der Waals surface area contributed by atoms with Gasteiger partial charge in [-0.15, -0.1) is 0 Å². The summed E-state index contributed by atoms with van der Waals surface area (Å²) in [5, 5.41) is 5.98. The molecule has 0 saturated heterocycles. The first-order valence-electron chi connectivity index (χ1n) is 10.8. The molecule has 158 valence electrons. The first-order valence-corrected chi connectivity index (χ1v) is 10.8. The van der Waals surface area contributed by atoms with Crippen molar-refractivity contribution in [2.75, 3.05) is 10.2 Å². The highest BCUT2D eigenvalue weighted by molar-refractivity contribution is 6.01. The van der Waals surface area contributed by atoms with Crippen molar-refractivity contribution >= 4 is 23.3 Å². The maximum absolute atomic E-state index is 12.9. The Bertz CT molecular complexity index is 937. The van der Waals surface area contributed by atoms with Crippen LogP contribution in [0.1, 0.15) is 50.2 Å². The lowest BCUT2D eigenvalue weighted by molar-refractivity contribution is -0.125. The van der Waals surface area contributed by atoms with E-state index in [2.05, 4.69) is 10.6 Å². The number of anilines is 2. The minimum Gasteiger partial charge on any atom is -0.479 e. The molecule has 6 heteroatoms. The minimum absolute atomic E-state index is 0.0884. The Morgan fingerprint density at radius 2 is 1.90 bits per heavy atom. The summed E-state index contributed by atoms with van der Waals surface area (Å²) in [5.74, 6) is 0.559. The SMILES string of the molecule is Cc1ccccc1CN1C(=O)C(C)Oc2ccc(NC(=O)NC3CCCCC3)cc21. The van der Waals surface area contributed by atoms with Crippen molar-refractivity contribution in [1.82, 2.24) is 5.32 Å². The molecule has 2 aliphatic rings. The molecule has 0 spiro atoms. The van der Waals surface area contributed by atoms with Crippen LogP contribution in [0.15, 0.2) is 42.5 Å². The fourth-order valence-electron chi connectivity index (χ4n) is 4.21. The second kappa shape index (κ2) is 8.78. The number of fused-ring (bicyclic) bond motifs is 1. The molecule has 1 aliphatic heterocycles. The van der Waals surface area contributed by atoms with Crippen LogP contribution in [-0.2, 0) is 11.3 Å². The molecule has 1 unspecified atom stereocenters. The van der Waals surface area contributed by atoms with Gasteiger partial charge in [-0.25, -0.2) is 4.79 Å². The fourth-order valence-corrected chi connectivity index (χ4v) is 4.21. The largest absolute Gasteiger partial charge is 0.479 e. The maximum atomic E-state index is 12.9. The standard InChI is InChI=1S/C24H29N3O3/c1-16-8-6-7-9-18(16)15-27-21-14-20(12-13-22(21)30-17(2)23(27)28)26-24(29)25-19-10-4-3-5-11-19/h6-9,12-14,17,19H,3-5,10-11,15H2,1-2H3,(H2,25,26,29). The highest BCUT2D eigenvalue weighted by Crippen LogP contribution is 2.37. The van der Waals surface area contributed by atoms with Gasteiger partial charge in [0.1, 0.15) is 5.75 Å². The molecule has 2 aromatic rings. The topological polar surface area (TPSA) is 70.7 Å². The van der Waals surface area contributed by atoms with Crippen LogP contribution in [0, 0.1) is 6.92 Å². The minimum atomic E-state index is -0.546. The van der Waals surface area contributed by atoms with Crippen LogP contribution in [0.2, 0.25) is 0 Å². The van der Waals surface area contributed by atoms with E-state index >= 15 is 0 Å². The van der Waals surface area contributed by atoms with Crippen LogP contribution >= 0.6 is 0 Å². The van der Waals surface area contributed by atoms with Gasteiger partial charge in [-0.2, -0.15) is 0 Å². The van der Waals surface area contributed by atoms with E-state index in [1.54, 1.807) is 11.8 Å². The zero-order valence-electron chi connectivity index (χ0n) is 17.6. The van der Waals surface area contributed by atoms with Gasteiger partial charge in [-0.1, -0.05) is 43.5 Å². The number of carbonyl (C=O) groups is 2. The average molecular weight is 408 g/mol. The van der Waals surface area contributed by atoms with E-state index in [-0.39, 0.29) is 18.0 Å². The maximum Gasteiger partial charge on any atom is 0.319 e. The van der Waals surface area contributed by atoms with Crippen molar-refractivity contribution in [3.8, 4) is 5.75 Å². The van der Waals surface area contributed by atoms with Crippen LogP contribution in [0.3, 0.4) is 0 Å². The monoisotopic (exact) mass is 407 g/mol. The molecule has 3 amide bonds. The number of carbonyl (C=O) groups excluding carboxylic acids is 2. The molecule has 6 nitrogen and oxygen atoms in total. The van der Waals surface area contributed by atoms with Crippen LogP contribution in [0.4, 0.5) is 16.2 Å². The summed E-state index contributed by atoms with van der Waals surface area (Å²) in [4.78, 5) is 27.1. The van der Waals surface area contributed by atoms with Gasteiger partial charge in [0, 0.05) is 11.7 Å². The smallest absolute Gasteiger partial charge is 0.319 e. The number of rotatable bonds is 4. The third-order valence-electron chi connectivity index (χ3n) is 5.96. The second-order valence-corrected chi connectivity index (χ2v) is 8.23. The normalized spacial score (nSPS) is 19.1. The third kappa shape index (κ3) is 4.42. The predicted octanol–water partition coefficient (Wildman–Crippen LogP) is 4.76. The van der Waals surface area contributed by atoms with Crippen molar-refractivity contribution in [2.45, 2.75) is 64.6 Å². The first kappa shape index (κ1) is 20.3. The zero-order chi connectivity index (χ0) is 21.1. The summed E-state index contributed by atoms with van der Waals surface area (Å²) in [7, 11) is 0. The lowest BCUT2D eigenvalue weighted by Crippen LogP contribution is -2.44. The highest BCUT2D eigenvalue weighted by Gasteiger charge is 2.32. The molecule has 1 atom stereocenters. The number of amides is 3. The van der Waals surface area contributed by atoms with E-state index in [0.29, 0.717) is 23.7 Å². The Morgan fingerprint density at radius 3 is 2.67 bits per heavy atom. The lowest BCUT2D eigenvalue weighted by Gasteiger charge is -2.33. The molecule has 2 N–H and O–H groups in total. The number of benzene rings is 2. The van der Waals surface area contributed by atoms with Gasteiger partial charge in [-0.3, -0.25) is 4.79 Å². The van der Waals surface area contributed by atoms with Crippen molar-refractivity contribution in [2.24, 2.45) is 0 Å². The van der Waals surface area contributed by atoms with Gasteiger partial charge < -0.3 is 20.3 Å². The summed E-state index contributed by atoms with van der Waals surface area (Å²) in [6.45, 7) is 4.27. The Morgan fingerprint density at radius 1 is 1.13 bits per heavy atom. The van der Waals surface area contributed by atoms with Crippen molar-refractivity contribution in [1.29, 1.82) is 0 Å². The molecule has 1 aliphatic carbocycles. The molecule has 1 saturated carbocycles. The number of hydrogen-bond acceptors (Lipinski definition) is 3. The lowest BCUT2D eigenvalue weighted by atomic mass is 9.96. The van der Waals surface area contributed by atoms with Crippen molar-refractivity contribution < 1.29 is 14.3 Å². The number of aryl methyl sites for hydroxylation is 1. The Labute approximate surface area is 177 Å². The van der Waals surface area contributed by atoms with Gasteiger partial charge in [0.15, 0.2) is 6.10 Å². The van der Waals surface area contributed by atoms with Crippen LogP contribution in [0.25, 0.3) is 0 Å². The number of hydrogen-bond donors (Lipinski definition) is 2. The Hall–Kier alpha value is -3.02. The van der Waals surface area contributed by atoms with E-state index in [0.717, 1.165) is 36.8 Å². The van der Waals surface area contributed by atoms with E-state index in [1.165, 1.54) is 6.42 Å². The summed E-state index contributed by atoms with van der Waals surface area (Å²) in [6.07, 6.45) is 5.08. The van der Waals surface area contributed by atoms with Crippen LogP contribution in [0.5, 0.6) is 5.75 Å². The van der Waals surface area contributed by atoms with Gasteiger partial charge in [0.2, 0.25) is 0 Å². The first-order chi connectivity index (χ1) is 14.5. The molecule has 4 rings (SSSR count). The molecule has 0 bridgehead atoms. The third-order valence-corrected chi connectivity index (χ3v) is 5.96. The fraction of sp³-hybridized carbons (Fsp3) is 0.417. The number of nitrogens with one attached hydrogen (secondary N) is 2. The second-order valence-electron chi connectivity index (χ2n) is 8.23. The van der Waals surface area contributed by atoms with Gasteiger partial charge in [0.05, 0.1) is 12.2 Å². The Kier molecular flexibility index (Phi) is 5.93. The number of nitrogens with zero attached hydrogens (tertiary/aromatic N) is 1. The van der Waals surface area contributed by atoms with Gasteiger partial charge in [0.25, 0.3) is 5.91 Å². The number of urea groups is 1.